The van der Waals surface area contributed by atoms with Gasteiger partial charge in [-0.25, -0.2) is 0 Å². The van der Waals surface area contributed by atoms with Crippen LogP contribution in [0, 0.1) is 0 Å². The third-order valence-corrected chi connectivity index (χ3v) is 3.26. The Kier molecular flexibility index (Phi) is 4.41. The van der Waals surface area contributed by atoms with Crippen LogP contribution < -0.4 is 0 Å². The Hall–Kier alpha value is -2.72. The summed E-state index contributed by atoms with van der Waals surface area (Å²) >= 11 is 5.89. The van der Waals surface area contributed by atoms with Gasteiger partial charge in [0, 0.05) is 5.02 Å². The van der Waals surface area contributed by atoms with E-state index in [1.165, 1.54) is 0 Å². The van der Waals surface area contributed by atoms with E-state index in [-0.39, 0.29) is 0 Å². The van der Waals surface area contributed by atoms with Crippen LogP contribution in [0.25, 0.3) is 17.8 Å². The molecule has 0 fully saturated rings. The molecule has 3 aromatic rings. The number of hydrogen-bond acceptors (Lipinski definition) is 3. The van der Waals surface area contributed by atoms with Gasteiger partial charge < -0.3 is 0 Å². The van der Waals surface area contributed by atoms with E-state index in [0.717, 1.165) is 11.3 Å². The van der Waals surface area contributed by atoms with Crippen molar-refractivity contribution in [3.05, 3.63) is 83.2 Å². The predicted octanol–water partition coefficient (Wildman–Crippen LogP) is 4.04. The zero-order chi connectivity index (χ0) is 15.2. The smallest absolute Gasteiger partial charge is 0.179 e. The molecule has 2 aromatic carbocycles. The van der Waals surface area contributed by atoms with E-state index in [2.05, 4.69) is 15.5 Å². The molecule has 0 saturated heterocycles. The van der Waals surface area contributed by atoms with Crippen LogP contribution in [-0.2, 0) is 0 Å². The number of rotatable bonds is 4. The van der Waals surface area contributed by atoms with E-state index < -0.39 is 0 Å². The highest BCUT2D eigenvalue weighted by atomic mass is 35.5. The van der Waals surface area contributed by atoms with Gasteiger partial charge in [0.2, 0.25) is 0 Å². The molecule has 0 atom stereocenters. The number of benzene rings is 2. The Balaban J connectivity index is 1.76. The van der Waals surface area contributed by atoms with E-state index in [4.69, 9.17) is 11.6 Å². The summed E-state index contributed by atoms with van der Waals surface area (Å²) in [4.78, 5) is 0. The normalized spacial score (nSPS) is 11.5. The average Bonchev–Trinajstić information content (AvgIpc) is 3.02. The monoisotopic (exact) mass is 308 g/mol. The highest BCUT2D eigenvalue weighted by molar-refractivity contribution is 6.30. The summed E-state index contributed by atoms with van der Waals surface area (Å²) in [7, 11) is 0. The molecule has 0 radical (unpaired) electrons. The van der Waals surface area contributed by atoms with Gasteiger partial charge in [-0.15, -0.1) is 5.10 Å². The summed E-state index contributed by atoms with van der Waals surface area (Å²) in [5.41, 5.74) is 2.01. The lowest BCUT2D eigenvalue weighted by Crippen LogP contribution is -1.98. The molecule has 1 aromatic heterocycles. The zero-order valence-corrected chi connectivity index (χ0v) is 12.4. The van der Waals surface area contributed by atoms with E-state index >= 15 is 0 Å². The van der Waals surface area contributed by atoms with Gasteiger partial charge >= 0.3 is 0 Å². The van der Waals surface area contributed by atoms with Crippen molar-refractivity contribution in [2.45, 2.75) is 0 Å². The summed E-state index contributed by atoms with van der Waals surface area (Å²) in [6, 6.07) is 17.4. The second-order valence-corrected chi connectivity index (χ2v) is 4.99. The SMILES string of the molecule is Clc1ccc(-n2nnnc2/C=C/C=C/c2ccccc2)cc1. The first kappa shape index (κ1) is 14.2. The van der Waals surface area contributed by atoms with Crippen molar-refractivity contribution in [2.75, 3.05) is 0 Å². The molecular weight excluding hydrogens is 296 g/mol. The van der Waals surface area contributed by atoms with Crippen molar-refractivity contribution in [2.24, 2.45) is 0 Å². The lowest BCUT2D eigenvalue weighted by molar-refractivity contribution is 0.787. The number of allylic oxidation sites excluding steroid dienone is 2. The van der Waals surface area contributed by atoms with Crippen LogP contribution in [0.3, 0.4) is 0 Å². The second kappa shape index (κ2) is 6.83. The van der Waals surface area contributed by atoms with Crippen LogP contribution in [0.2, 0.25) is 5.02 Å². The first-order chi connectivity index (χ1) is 10.8. The first-order valence-corrected chi connectivity index (χ1v) is 7.15. The van der Waals surface area contributed by atoms with Crippen LogP contribution in [0.1, 0.15) is 11.4 Å². The van der Waals surface area contributed by atoms with Crippen LogP contribution in [0.5, 0.6) is 0 Å². The fourth-order valence-corrected chi connectivity index (χ4v) is 2.06. The van der Waals surface area contributed by atoms with Crippen LogP contribution in [0.15, 0.2) is 66.7 Å². The molecule has 0 spiro atoms. The van der Waals surface area contributed by atoms with Gasteiger partial charge in [-0.05, 0) is 46.3 Å². The van der Waals surface area contributed by atoms with Gasteiger partial charge in [0.1, 0.15) is 0 Å². The lowest BCUT2D eigenvalue weighted by atomic mass is 10.2. The molecule has 3 rings (SSSR count). The molecule has 0 N–H and O–H groups in total. The van der Waals surface area contributed by atoms with E-state index in [1.807, 2.05) is 66.8 Å². The minimum atomic E-state index is 0.653. The summed E-state index contributed by atoms with van der Waals surface area (Å²) in [5, 5.41) is 12.4. The minimum absolute atomic E-state index is 0.653. The van der Waals surface area contributed by atoms with Crippen molar-refractivity contribution in [3.63, 3.8) is 0 Å². The molecular formula is C17H13ClN4. The van der Waals surface area contributed by atoms with Gasteiger partial charge in [0.05, 0.1) is 5.69 Å². The maximum Gasteiger partial charge on any atom is 0.179 e. The zero-order valence-electron chi connectivity index (χ0n) is 11.7. The quantitative estimate of drug-likeness (QED) is 0.683. The fourth-order valence-electron chi connectivity index (χ4n) is 1.94. The molecule has 5 heteroatoms. The van der Waals surface area contributed by atoms with Crippen molar-refractivity contribution in [1.82, 2.24) is 20.2 Å². The van der Waals surface area contributed by atoms with E-state index in [9.17, 15) is 0 Å². The van der Waals surface area contributed by atoms with Gasteiger partial charge in [-0.1, -0.05) is 60.2 Å². The molecule has 0 unspecified atom stereocenters. The number of nitrogens with zero attached hydrogens (tertiary/aromatic N) is 4. The van der Waals surface area contributed by atoms with Gasteiger partial charge in [0.15, 0.2) is 5.82 Å². The molecule has 0 bridgehead atoms. The second-order valence-electron chi connectivity index (χ2n) is 4.55. The molecule has 1 heterocycles. The first-order valence-electron chi connectivity index (χ1n) is 6.77. The number of tetrazole rings is 1. The maximum absolute atomic E-state index is 5.89. The Morgan fingerprint density at radius 3 is 2.36 bits per heavy atom. The van der Waals surface area contributed by atoms with Crippen molar-refractivity contribution >= 4 is 23.8 Å². The highest BCUT2D eigenvalue weighted by Crippen LogP contribution is 2.14. The highest BCUT2D eigenvalue weighted by Gasteiger charge is 2.04. The Bertz CT molecular complexity index is 789. The fraction of sp³-hybridized carbons (Fsp3) is 0. The van der Waals surface area contributed by atoms with E-state index in [1.54, 1.807) is 16.8 Å². The molecule has 108 valence electrons. The Labute approximate surface area is 133 Å². The van der Waals surface area contributed by atoms with Gasteiger partial charge in [0.25, 0.3) is 0 Å². The maximum atomic E-state index is 5.89. The van der Waals surface area contributed by atoms with E-state index in [0.29, 0.717) is 10.8 Å². The standard InChI is InChI=1S/C17H13ClN4/c18-15-10-12-16(13-11-15)22-17(19-20-21-22)9-5-4-8-14-6-2-1-3-7-14/h1-13H/b8-4+,9-5+. The number of halogens is 1. The van der Waals surface area contributed by atoms with Gasteiger partial charge in [-0.3, -0.25) is 0 Å². The molecule has 0 amide bonds. The predicted molar refractivity (Wildman–Crippen MR) is 88.7 cm³/mol. The Morgan fingerprint density at radius 2 is 1.59 bits per heavy atom. The summed E-state index contributed by atoms with van der Waals surface area (Å²) in [6.07, 6.45) is 7.74. The van der Waals surface area contributed by atoms with Crippen molar-refractivity contribution < 1.29 is 0 Å². The molecule has 4 nitrogen and oxygen atoms in total. The average molecular weight is 309 g/mol. The minimum Gasteiger partial charge on any atom is -0.193 e. The third kappa shape index (κ3) is 3.48. The number of hydrogen-bond donors (Lipinski definition) is 0. The van der Waals surface area contributed by atoms with Crippen LogP contribution in [-0.4, -0.2) is 20.2 Å². The van der Waals surface area contributed by atoms with Crippen molar-refractivity contribution in [3.8, 4) is 5.69 Å². The molecule has 0 aliphatic carbocycles. The molecule has 22 heavy (non-hydrogen) atoms. The summed E-state index contributed by atoms with van der Waals surface area (Å²) < 4.78 is 1.66. The topological polar surface area (TPSA) is 43.6 Å². The molecule has 0 saturated carbocycles. The van der Waals surface area contributed by atoms with Crippen LogP contribution in [0.4, 0.5) is 0 Å². The third-order valence-electron chi connectivity index (χ3n) is 3.01. The summed E-state index contributed by atoms with van der Waals surface area (Å²) in [6.45, 7) is 0. The van der Waals surface area contributed by atoms with Crippen molar-refractivity contribution in [1.29, 1.82) is 0 Å². The Morgan fingerprint density at radius 1 is 0.864 bits per heavy atom. The van der Waals surface area contributed by atoms with Crippen LogP contribution >= 0.6 is 11.6 Å². The number of aromatic nitrogens is 4. The summed E-state index contributed by atoms with van der Waals surface area (Å²) in [5.74, 6) is 0.653. The largest absolute Gasteiger partial charge is 0.193 e. The molecule has 0 aliphatic heterocycles. The van der Waals surface area contributed by atoms with Gasteiger partial charge in [-0.2, -0.15) is 4.68 Å². The lowest BCUT2D eigenvalue weighted by Gasteiger charge is -2.01. The molecule has 0 aliphatic rings.